The molecule has 0 aliphatic rings. The lowest BCUT2D eigenvalue weighted by molar-refractivity contribution is 0.337. The van der Waals surface area contributed by atoms with Crippen LogP contribution in [0.1, 0.15) is 12.5 Å². The van der Waals surface area contributed by atoms with Crippen molar-refractivity contribution in [1.29, 1.82) is 0 Å². The number of rotatable bonds is 7. The first-order valence-corrected chi connectivity index (χ1v) is 8.88. The highest BCUT2D eigenvalue weighted by molar-refractivity contribution is 7.92. The Morgan fingerprint density at radius 1 is 0.958 bits per heavy atom. The molecule has 0 atom stereocenters. The van der Waals surface area contributed by atoms with E-state index in [0.717, 1.165) is 5.56 Å². The van der Waals surface area contributed by atoms with E-state index in [2.05, 4.69) is 4.72 Å². The van der Waals surface area contributed by atoms with Crippen molar-refractivity contribution >= 4 is 15.7 Å². The van der Waals surface area contributed by atoms with E-state index in [1.807, 2.05) is 6.92 Å². The molecule has 0 saturated heterocycles. The summed E-state index contributed by atoms with van der Waals surface area (Å²) >= 11 is 0. The van der Waals surface area contributed by atoms with Crippen molar-refractivity contribution < 1.29 is 22.6 Å². The Kier molecular flexibility index (Phi) is 5.56. The summed E-state index contributed by atoms with van der Waals surface area (Å²) in [5.41, 5.74) is 1.14. The molecule has 24 heavy (non-hydrogen) atoms. The highest BCUT2D eigenvalue weighted by Gasteiger charge is 2.17. The van der Waals surface area contributed by atoms with Gasteiger partial charge in [-0.1, -0.05) is 0 Å². The van der Waals surface area contributed by atoms with Crippen LogP contribution in [0.4, 0.5) is 5.69 Å². The van der Waals surface area contributed by atoms with E-state index in [-0.39, 0.29) is 4.90 Å². The predicted octanol–water partition coefficient (Wildman–Crippen LogP) is 3.21. The molecule has 7 heteroatoms. The number of sulfonamides is 1. The van der Waals surface area contributed by atoms with Gasteiger partial charge in [0, 0.05) is 6.07 Å². The Labute approximate surface area is 142 Å². The second-order valence-electron chi connectivity index (χ2n) is 5.04. The highest BCUT2D eigenvalue weighted by Crippen LogP contribution is 2.31. The molecule has 2 rings (SSSR count). The molecule has 2 aromatic rings. The standard InChI is InChI=1S/C17H21NO5S/c1-5-23-15-9-7-14(10-12(15)2)24(19,20)18-13-6-8-16(21-3)17(11-13)22-4/h6-11,18H,5H2,1-4H3. The molecule has 0 radical (unpaired) electrons. The molecule has 6 nitrogen and oxygen atoms in total. The number of aryl methyl sites for hydroxylation is 1. The summed E-state index contributed by atoms with van der Waals surface area (Å²) in [6.45, 7) is 4.21. The minimum Gasteiger partial charge on any atom is -0.494 e. The fourth-order valence-corrected chi connectivity index (χ4v) is 3.35. The number of hydrogen-bond acceptors (Lipinski definition) is 5. The van der Waals surface area contributed by atoms with E-state index >= 15 is 0 Å². The normalized spacial score (nSPS) is 11.0. The van der Waals surface area contributed by atoms with Crippen molar-refractivity contribution in [2.75, 3.05) is 25.5 Å². The Morgan fingerprint density at radius 3 is 2.21 bits per heavy atom. The molecule has 0 bridgehead atoms. The van der Waals surface area contributed by atoms with Crippen LogP contribution >= 0.6 is 0 Å². The average molecular weight is 351 g/mol. The van der Waals surface area contributed by atoms with Crippen LogP contribution in [0, 0.1) is 6.92 Å². The first kappa shape index (κ1) is 17.9. The van der Waals surface area contributed by atoms with Crippen molar-refractivity contribution in [2.24, 2.45) is 0 Å². The third-order valence-corrected chi connectivity index (χ3v) is 4.77. The second kappa shape index (κ2) is 7.44. The molecule has 0 saturated carbocycles. The van der Waals surface area contributed by atoms with Gasteiger partial charge in [-0.05, 0) is 49.7 Å². The van der Waals surface area contributed by atoms with E-state index in [9.17, 15) is 8.42 Å². The van der Waals surface area contributed by atoms with Gasteiger partial charge in [0.1, 0.15) is 5.75 Å². The van der Waals surface area contributed by atoms with Gasteiger partial charge in [-0.3, -0.25) is 4.72 Å². The van der Waals surface area contributed by atoms with Crippen LogP contribution in [0.3, 0.4) is 0 Å². The van der Waals surface area contributed by atoms with Crippen LogP contribution in [-0.4, -0.2) is 29.2 Å². The summed E-state index contributed by atoms with van der Waals surface area (Å²) in [6.07, 6.45) is 0. The largest absolute Gasteiger partial charge is 0.494 e. The Hall–Kier alpha value is -2.41. The number of methoxy groups -OCH3 is 2. The van der Waals surface area contributed by atoms with E-state index in [0.29, 0.717) is 29.5 Å². The summed E-state index contributed by atoms with van der Waals surface area (Å²) < 4.78 is 43.4. The zero-order valence-corrected chi connectivity index (χ0v) is 14.9. The van der Waals surface area contributed by atoms with Gasteiger partial charge in [0.05, 0.1) is 31.4 Å². The van der Waals surface area contributed by atoms with Crippen LogP contribution in [0.25, 0.3) is 0 Å². The minimum absolute atomic E-state index is 0.165. The highest BCUT2D eigenvalue weighted by atomic mass is 32.2. The lowest BCUT2D eigenvalue weighted by atomic mass is 10.2. The zero-order chi connectivity index (χ0) is 17.7. The van der Waals surface area contributed by atoms with Crippen LogP contribution < -0.4 is 18.9 Å². The molecule has 2 aromatic carbocycles. The molecule has 0 spiro atoms. The molecule has 0 unspecified atom stereocenters. The number of nitrogens with one attached hydrogen (secondary N) is 1. The number of benzene rings is 2. The molecule has 0 aliphatic carbocycles. The van der Waals surface area contributed by atoms with Crippen molar-refractivity contribution in [3.05, 3.63) is 42.0 Å². The van der Waals surface area contributed by atoms with Crippen LogP contribution in [0.15, 0.2) is 41.3 Å². The molecule has 130 valence electrons. The minimum atomic E-state index is -3.71. The van der Waals surface area contributed by atoms with Gasteiger partial charge < -0.3 is 14.2 Å². The Bertz CT molecular complexity index is 818. The fraction of sp³-hybridized carbons (Fsp3) is 0.294. The third kappa shape index (κ3) is 3.91. The van der Waals surface area contributed by atoms with E-state index in [4.69, 9.17) is 14.2 Å². The summed E-state index contributed by atoms with van der Waals surface area (Å²) in [5, 5.41) is 0. The monoisotopic (exact) mass is 351 g/mol. The Balaban J connectivity index is 2.30. The van der Waals surface area contributed by atoms with E-state index in [1.54, 1.807) is 37.3 Å². The molecule has 0 heterocycles. The smallest absolute Gasteiger partial charge is 0.261 e. The van der Waals surface area contributed by atoms with Crippen LogP contribution in [0.5, 0.6) is 17.2 Å². The van der Waals surface area contributed by atoms with Crippen LogP contribution in [0.2, 0.25) is 0 Å². The maximum absolute atomic E-state index is 12.6. The van der Waals surface area contributed by atoms with Crippen LogP contribution in [-0.2, 0) is 10.0 Å². The molecule has 0 aromatic heterocycles. The fourth-order valence-electron chi connectivity index (χ4n) is 2.22. The topological polar surface area (TPSA) is 73.9 Å². The van der Waals surface area contributed by atoms with Crippen molar-refractivity contribution in [2.45, 2.75) is 18.7 Å². The van der Waals surface area contributed by atoms with Gasteiger partial charge in [-0.15, -0.1) is 0 Å². The SMILES string of the molecule is CCOc1ccc(S(=O)(=O)Nc2ccc(OC)c(OC)c2)cc1C. The molecule has 0 amide bonds. The quantitative estimate of drug-likeness (QED) is 0.829. The lowest BCUT2D eigenvalue weighted by Gasteiger charge is -2.13. The molecule has 1 N–H and O–H groups in total. The van der Waals surface area contributed by atoms with E-state index < -0.39 is 10.0 Å². The maximum atomic E-state index is 12.6. The van der Waals surface area contributed by atoms with Crippen molar-refractivity contribution in [3.8, 4) is 17.2 Å². The van der Waals surface area contributed by atoms with Crippen molar-refractivity contribution in [3.63, 3.8) is 0 Å². The third-order valence-electron chi connectivity index (χ3n) is 3.39. The van der Waals surface area contributed by atoms with Gasteiger partial charge >= 0.3 is 0 Å². The Morgan fingerprint density at radius 2 is 1.62 bits per heavy atom. The number of hydrogen-bond donors (Lipinski definition) is 1. The van der Waals surface area contributed by atoms with Gasteiger partial charge in [-0.25, -0.2) is 8.42 Å². The summed E-state index contributed by atoms with van der Waals surface area (Å²) in [7, 11) is -0.704. The van der Waals surface area contributed by atoms with Gasteiger partial charge in [0.25, 0.3) is 10.0 Å². The molecular weight excluding hydrogens is 330 g/mol. The second-order valence-corrected chi connectivity index (χ2v) is 6.72. The number of ether oxygens (including phenoxy) is 3. The molecule has 0 aliphatic heterocycles. The lowest BCUT2D eigenvalue weighted by Crippen LogP contribution is -2.13. The molecular formula is C17H21NO5S. The van der Waals surface area contributed by atoms with Gasteiger partial charge in [0.15, 0.2) is 11.5 Å². The maximum Gasteiger partial charge on any atom is 0.261 e. The van der Waals surface area contributed by atoms with Crippen molar-refractivity contribution in [1.82, 2.24) is 0 Å². The summed E-state index contributed by atoms with van der Waals surface area (Å²) in [4.78, 5) is 0.165. The molecule has 0 fully saturated rings. The zero-order valence-electron chi connectivity index (χ0n) is 14.1. The van der Waals surface area contributed by atoms with Gasteiger partial charge in [-0.2, -0.15) is 0 Å². The number of anilines is 1. The summed E-state index contributed by atoms with van der Waals surface area (Å²) in [6, 6.07) is 9.56. The first-order chi connectivity index (χ1) is 11.4. The first-order valence-electron chi connectivity index (χ1n) is 7.39. The van der Waals surface area contributed by atoms with E-state index in [1.165, 1.54) is 20.3 Å². The predicted molar refractivity (Wildman–Crippen MR) is 92.7 cm³/mol. The van der Waals surface area contributed by atoms with Gasteiger partial charge in [0.2, 0.25) is 0 Å². The average Bonchev–Trinajstić information content (AvgIpc) is 2.56. The summed E-state index contributed by atoms with van der Waals surface area (Å²) in [5.74, 6) is 1.64.